The highest BCUT2D eigenvalue weighted by molar-refractivity contribution is 7.90. The maximum Gasteiger partial charge on any atom is 0.199 e. The van der Waals surface area contributed by atoms with Crippen LogP contribution < -0.4 is 0 Å². The minimum absolute atomic E-state index is 0.0888. The second kappa shape index (κ2) is 6.52. The Hall–Kier alpha value is -2.17. The molecule has 1 heterocycles. The van der Waals surface area contributed by atoms with Gasteiger partial charge in [-0.05, 0) is 41.0 Å². The zero-order chi connectivity index (χ0) is 16.3. The van der Waals surface area contributed by atoms with Crippen LogP contribution in [0.5, 0.6) is 0 Å². The molecule has 0 aliphatic heterocycles. The number of hydrogen-bond donors (Lipinski definition) is 0. The van der Waals surface area contributed by atoms with Crippen molar-refractivity contribution in [2.75, 3.05) is 0 Å². The van der Waals surface area contributed by atoms with Crippen LogP contribution in [-0.2, 0) is 15.6 Å². The lowest BCUT2D eigenvalue weighted by molar-refractivity contribution is 0.591. The van der Waals surface area contributed by atoms with E-state index in [0.717, 1.165) is 16.7 Å². The average molecular weight is 344 g/mol. The van der Waals surface area contributed by atoms with Crippen molar-refractivity contribution in [2.24, 2.45) is 0 Å². The van der Waals surface area contributed by atoms with Crippen LogP contribution in [0.3, 0.4) is 0 Å². The highest BCUT2D eigenvalue weighted by Gasteiger charge is 2.18. The molecule has 0 bridgehead atoms. The van der Waals surface area contributed by atoms with Gasteiger partial charge in [-0.3, -0.25) is 0 Å². The third-order valence-corrected chi connectivity index (χ3v) is 5.30. The van der Waals surface area contributed by atoms with E-state index >= 15 is 0 Å². The molecule has 0 unspecified atom stereocenters. The second-order valence-corrected chi connectivity index (χ2v) is 7.46. The molecule has 0 amide bonds. The molecule has 5 heteroatoms. The first-order chi connectivity index (χ1) is 11.1. The maximum absolute atomic E-state index is 12.6. The quantitative estimate of drug-likeness (QED) is 0.706. The van der Waals surface area contributed by atoms with Gasteiger partial charge in [0.2, 0.25) is 0 Å². The van der Waals surface area contributed by atoms with Crippen LogP contribution in [0.4, 0.5) is 0 Å². The van der Waals surface area contributed by atoms with Crippen LogP contribution in [0.25, 0.3) is 11.1 Å². The Morgan fingerprint density at radius 2 is 1.57 bits per heavy atom. The first-order valence-electron chi connectivity index (χ1n) is 7.04. The van der Waals surface area contributed by atoms with E-state index in [4.69, 9.17) is 11.6 Å². The number of benzene rings is 2. The Kier molecular flexibility index (Phi) is 4.46. The lowest BCUT2D eigenvalue weighted by Crippen LogP contribution is -2.07. The third kappa shape index (κ3) is 3.60. The minimum atomic E-state index is -3.49. The van der Waals surface area contributed by atoms with Gasteiger partial charge in [0.25, 0.3) is 0 Å². The number of pyridine rings is 1. The Bertz CT molecular complexity index is 907. The van der Waals surface area contributed by atoms with E-state index < -0.39 is 9.84 Å². The summed E-state index contributed by atoms with van der Waals surface area (Å²) in [6.45, 7) is 0. The molecule has 3 aromatic rings. The summed E-state index contributed by atoms with van der Waals surface area (Å²) in [6.07, 6.45) is 1.48. The number of sulfone groups is 1. The van der Waals surface area contributed by atoms with Crippen LogP contribution in [0.15, 0.2) is 78.0 Å². The fourth-order valence-electron chi connectivity index (χ4n) is 2.37. The molecule has 23 heavy (non-hydrogen) atoms. The molecule has 0 saturated heterocycles. The summed E-state index contributed by atoms with van der Waals surface area (Å²) in [5.74, 6) is -0.0944. The van der Waals surface area contributed by atoms with E-state index in [0.29, 0.717) is 5.02 Å². The number of rotatable bonds is 4. The van der Waals surface area contributed by atoms with E-state index in [-0.39, 0.29) is 10.8 Å². The van der Waals surface area contributed by atoms with Gasteiger partial charge in [-0.25, -0.2) is 13.4 Å². The van der Waals surface area contributed by atoms with E-state index in [1.54, 1.807) is 24.3 Å². The molecule has 0 aliphatic rings. The van der Waals surface area contributed by atoms with E-state index in [1.807, 2.05) is 36.4 Å². The van der Waals surface area contributed by atoms with Crippen molar-refractivity contribution >= 4 is 21.4 Å². The second-order valence-electron chi connectivity index (χ2n) is 5.09. The predicted molar refractivity (Wildman–Crippen MR) is 92.0 cm³/mol. The molecule has 0 N–H and O–H groups in total. The molecule has 0 spiro atoms. The van der Waals surface area contributed by atoms with Gasteiger partial charge in [0, 0.05) is 11.2 Å². The highest BCUT2D eigenvalue weighted by atomic mass is 35.5. The third-order valence-electron chi connectivity index (χ3n) is 3.47. The number of aromatic nitrogens is 1. The molecular formula is C18H14ClNO2S. The molecule has 0 aliphatic carbocycles. The predicted octanol–water partition coefficient (Wildman–Crippen LogP) is 4.38. The van der Waals surface area contributed by atoms with E-state index in [2.05, 4.69) is 4.98 Å². The molecule has 3 nitrogen and oxygen atoms in total. The van der Waals surface area contributed by atoms with Crippen LogP contribution in [-0.4, -0.2) is 13.4 Å². The zero-order valence-corrected chi connectivity index (χ0v) is 13.8. The van der Waals surface area contributed by atoms with Gasteiger partial charge in [0.1, 0.15) is 0 Å². The Morgan fingerprint density at radius 3 is 2.26 bits per heavy atom. The molecular weight excluding hydrogens is 330 g/mol. The largest absolute Gasteiger partial charge is 0.245 e. The Balaban J connectivity index is 2.00. The van der Waals surface area contributed by atoms with Crippen molar-refractivity contribution in [3.8, 4) is 11.1 Å². The summed E-state index contributed by atoms with van der Waals surface area (Å²) in [7, 11) is -3.49. The average Bonchev–Trinajstić information content (AvgIpc) is 2.57. The fraction of sp³-hybridized carbons (Fsp3) is 0.0556. The lowest BCUT2D eigenvalue weighted by Gasteiger charge is -2.10. The van der Waals surface area contributed by atoms with E-state index in [9.17, 15) is 8.42 Å². The molecule has 2 aromatic carbocycles. The molecule has 0 radical (unpaired) electrons. The summed E-state index contributed by atoms with van der Waals surface area (Å²) in [4.78, 5) is 3.96. The molecule has 0 atom stereocenters. The number of halogens is 1. The molecule has 116 valence electrons. The fourth-order valence-corrected chi connectivity index (χ4v) is 3.81. The lowest BCUT2D eigenvalue weighted by atomic mass is 10.0. The first-order valence-corrected chi connectivity index (χ1v) is 9.07. The van der Waals surface area contributed by atoms with Crippen molar-refractivity contribution in [1.82, 2.24) is 4.98 Å². The first kappa shape index (κ1) is 15.7. The van der Waals surface area contributed by atoms with Crippen molar-refractivity contribution in [1.29, 1.82) is 0 Å². The van der Waals surface area contributed by atoms with Gasteiger partial charge in [-0.15, -0.1) is 0 Å². The van der Waals surface area contributed by atoms with Gasteiger partial charge in [-0.2, -0.15) is 0 Å². The maximum atomic E-state index is 12.6. The number of hydrogen-bond acceptors (Lipinski definition) is 3. The summed E-state index contributed by atoms with van der Waals surface area (Å²) < 4.78 is 25.1. The zero-order valence-electron chi connectivity index (χ0n) is 12.2. The molecule has 0 saturated carbocycles. The van der Waals surface area contributed by atoms with Crippen LogP contribution >= 0.6 is 11.6 Å². The molecule has 0 fully saturated rings. The van der Waals surface area contributed by atoms with Crippen LogP contribution in [0.2, 0.25) is 5.02 Å². The van der Waals surface area contributed by atoms with Gasteiger partial charge in [0.15, 0.2) is 14.9 Å². The minimum Gasteiger partial charge on any atom is -0.245 e. The Morgan fingerprint density at radius 1 is 0.870 bits per heavy atom. The van der Waals surface area contributed by atoms with Crippen molar-refractivity contribution in [3.63, 3.8) is 0 Å². The molecule has 1 aromatic heterocycles. The van der Waals surface area contributed by atoms with Gasteiger partial charge >= 0.3 is 0 Å². The van der Waals surface area contributed by atoms with Gasteiger partial charge < -0.3 is 0 Å². The molecule has 3 rings (SSSR count). The Labute approximate surface area is 140 Å². The van der Waals surface area contributed by atoms with Crippen LogP contribution in [0, 0.1) is 0 Å². The summed E-state index contributed by atoms with van der Waals surface area (Å²) in [6, 6.07) is 19.7. The topological polar surface area (TPSA) is 47.0 Å². The van der Waals surface area contributed by atoms with Crippen LogP contribution in [0.1, 0.15) is 5.56 Å². The van der Waals surface area contributed by atoms with Gasteiger partial charge in [0.05, 0.1) is 5.75 Å². The van der Waals surface area contributed by atoms with E-state index in [1.165, 1.54) is 12.3 Å². The summed E-state index contributed by atoms with van der Waals surface area (Å²) in [5, 5.41) is 0.734. The normalized spacial score (nSPS) is 11.3. The standard InChI is InChI=1S/C18H14ClNO2S/c19-16-10-8-14(9-11-16)17-6-2-1-5-15(17)13-23(21,22)18-7-3-4-12-20-18/h1-12H,13H2. The van der Waals surface area contributed by atoms with Crippen molar-refractivity contribution in [2.45, 2.75) is 10.8 Å². The smallest absolute Gasteiger partial charge is 0.199 e. The SMILES string of the molecule is O=S(=O)(Cc1ccccc1-c1ccc(Cl)cc1)c1ccccn1. The van der Waals surface area contributed by atoms with Crippen molar-refractivity contribution in [3.05, 3.63) is 83.5 Å². The summed E-state index contributed by atoms with van der Waals surface area (Å²) in [5.41, 5.74) is 2.55. The monoisotopic (exact) mass is 343 g/mol. The number of nitrogens with zero attached hydrogens (tertiary/aromatic N) is 1. The highest BCUT2D eigenvalue weighted by Crippen LogP contribution is 2.27. The van der Waals surface area contributed by atoms with Gasteiger partial charge in [-0.1, -0.05) is 54.1 Å². The van der Waals surface area contributed by atoms with Crippen molar-refractivity contribution < 1.29 is 8.42 Å². The summed E-state index contributed by atoms with van der Waals surface area (Å²) >= 11 is 5.92.